The molecular weight excluding hydrogens is 391 g/mol. The van der Waals surface area contributed by atoms with Gasteiger partial charge in [0.1, 0.15) is 11.8 Å². The van der Waals surface area contributed by atoms with Crippen LogP contribution in [0.3, 0.4) is 0 Å². The average Bonchev–Trinajstić information content (AvgIpc) is 3.23. The van der Waals surface area contributed by atoms with E-state index in [1.807, 2.05) is 0 Å². The molecule has 3 rings (SSSR count). The zero-order valence-electron chi connectivity index (χ0n) is 15.2. The Morgan fingerprint density at radius 2 is 1.79 bits per heavy atom. The van der Waals surface area contributed by atoms with Crippen LogP contribution in [0, 0.1) is 0 Å². The van der Waals surface area contributed by atoms with E-state index in [0.717, 1.165) is 6.42 Å². The first-order valence-electron chi connectivity index (χ1n) is 8.81. The topological polar surface area (TPSA) is 89.6 Å². The Balaban J connectivity index is 1.57. The van der Waals surface area contributed by atoms with Crippen molar-refractivity contribution in [1.82, 2.24) is 4.98 Å². The maximum absolute atomic E-state index is 12.3. The summed E-state index contributed by atoms with van der Waals surface area (Å²) in [5.41, 5.74) is 0.873. The van der Waals surface area contributed by atoms with E-state index < -0.39 is 24.8 Å². The standard InChI is InChI=1S/C19H18F3N3O4/c20-19(21,22)11-29-16-5-1-3-14(25-16)17(26)23-12-6-8-13(9-7-12)24-18(27)15-4-2-10-28-15/h1,3,5-9,15H,2,4,10-11H2,(H,23,26)(H,24,27)/t15-/m0/s1. The molecule has 1 aliphatic heterocycles. The van der Waals surface area contributed by atoms with E-state index in [-0.39, 0.29) is 17.5 Å². The van der Waals surface area contributed by atoms with Gasteiger partial charge < -0.3 is 20.1 Å². The van der Waals surface area contributed by atoms with Gasteiger partial charge in [0.15, 0.2) is 6.61 Å². The summed E-state index contributed by atoms with van der Waals surface area (Å²) in [5.74, 6) is -1.14. The summed E-state index contributed by atoms with van der Waals surface area (Å²) >= 11 is 0. The van der Waals surface area contributed by atoms with E-state index >= 15 is 0 Å². The lowest BCUT2D eigenvalue weighted by molar-refractivity contribution is -0.154. The molecule has 0 saturated carbocycles. The van der Waals surface area contributed by atoms with Gasteiger partial charge in [-0.25, -0.2) is 4.98 Å². The summed E-state index contributed by atoms with van der Waals surface area (Å²) in [4.78, 5) is 28.0. The number of benzene rings is 1. The van der Waals surface area contributed by atoms with Crippen molar-refractivity contribution in [3.8, 4) is 5.88 Å². The number of ether oxygens (including phenoxy) is 2. The molecule has 0 spiro atoms. The van der Waals surface area contributed by atoms with E-state index in [0.29, 0.717) is 24.4 Å². The number of alkyl halides is 3. The van der Waals surface area contributed by atoms with Crippen molar-refractivity contribution < 1.29 is 32.2 Å². The smallest absolute Gasteiger partial charge is 0.422 e. The summed E-state index contributed by atoms with van der Waals surface area (Å²) in [6.07, 6.45) is -3.42. The Hall–Kier alpha value is -3.14. The molecule has 0 unspecified atom stereocenters. The van der Waals surface area contributed by atoms with Gasteiger partial charge in [0.2, 0.25) is 5.88 Å². The van der Waals surface area contributed by atoms with Crippen LogP contribution in [0.1, 0.15) is 23.3 Å². The molecule has 0 bridgehead atoms. The lowest BCUT2D eigenvalue weighted by Gasteiger charge is -2.11. The van der Waals surface area contributed by atoms with E-state index in [9.17, 15) is 22.8 Å². The number of nitrogens with one attached hydrogen (secondary N) is 2. The van der Waals surface area contributed by atoms with Crippen LogP contribution >= 0.6 is 0 Å². The van der Waals surface area contributed by atoms with Crippen LogP contribution in [-0.2, 0) is 9.53 Å². The first-order valence-corrected chi connectivity index (χ1v) is 8.81. The summed E-state index contributed by atoms with van der Waals surface area (Å²) < 4.78 is 46.5. The van der Waals surface area contributed by atoms with Gasteiger partial charge in [-0.2, -0.15) is 13.2 Å². The Labute approximate surface area is 164 Å². The predicted octanol–water partition coefficient (Wildman–Crippen LogP) is 3.39. The fourth-order valence-corrected chi connectivity index (χ4v) is 2.62. The number of pyridine rings is 1. The van der Waals surface area contributed by atoms with Gasteiger partial charge in [-0.15, -0.1) is 0 Å². The second kappa shape index (κ2) is 8.91. The van der Waals surface area contributed by atoms with Crippen LogP contribution in [0.2, 0.25) is 0 Å². The van der Waals surface area contributed by atoms with Gasteiger partial charge in [-0.05, 0) is 43.2 Å². The highest BCUT2D eigenvalue weighted by Crippen LogP contribution is 2.19. The van der Waals surface area contributed by atoms with Gasteiger partial charge in [0, 0.05) is 24.0 Å². The number of hydrogen-bond acceptors (Lipinski definition) is 5. The Kier molecular flexibility index (Phi) is 6.32. The molecule has 10 heteroatoms. The predicted molar refractivity (Wildman–Crippen MR) is 97.8 cm³/mol. The summed E-state index contributed by atoms with van der Waals surface area (Å²) in [6.45, 7) is -0.927. The number of carbonyl (C=O) groups is 2. The highest BCUT2D eigenvalue weighted by Gasteiger charge is 2.28. The Morgan fingerprint density at radius 3 is 2.41 bits per heavy atom. The zero-order valence-corrected chi connectivity index (χ0v) is 15.2. The van der Waals surface area contributed by atoms with Gasteiger partial charge in [0.05, 0.1) is 0 Å². The van der Waals surface area contributed by atoms with Crippen LogP contribution in [0.5, 0.6) is 5.88 Å². The quantitative estimate of drug-likeness (QED) is 0.764. The van der Waals surface area contributed by atoms with Crippen LogP contribution in [0.25, 0.3) is 0 Å². The molecule has 0 radical (unpaired) electrons. The minimum absolute atomic E-state index is 0.0968. The van der Waals surface area contributed by atoms with Crippen LogP contribution in [-0.4, -0.2) is 42.3 Å². The highest BCUT2D eigenvalue weighted by molar-refractivity contribution is 6.03. The third-order valence-electron chi connectivity index (χ3n) is 3.97. The first kappa shape index (κ1) is 20.6. The van der Waals surface area contributed by atoms with Crippen molar-refractivity contribution >= 4 is 23.2 Å². The lowest BCUT2D eigenvalue weighted by Crippen LogP contribution is -2.26. The van der Waals surface area contributed by atoms with Crippen molar-refractivity contribution in [2.75, 3.05) is 23.8 Å². The minimum atomic E-state index is -4.50. The molecule has 1 saturated heterocycles. The normalized spacial score (nSPS) is 16.3. The number of hydrogen-bond donors (Lipinski definition) is 2. The van der Waals surface area contributed by atoms with Crippen molar-refractivity contribution in [2.45, 2.75) is 25.1 Å². The molecule has 2 N–H and O–H groups in total. The number of halogens is 3. The molecule has 1 fully saturated rings. The molecule has 0 aliphatic carbocycles. The van der Waals surface area contributed by atoms with Crippen molar-refractivity contribution in [3.05, 3.63) is 48.2 Å². The van der Waals surface area contributed by atoms with E-state index in [1.54, 1.807) is 24.3 Å². The van der Waals surface area contributed by atoms with E-state index in [1.165, 1.54) is 18.2 Å². The fourth-order valence-electron chi connectivity index (χ4n) is 2.62. The molecule has 7 nitrogen and oxygen atoms in total. The van der Waals surface area contributed by atoms with Gasteiger partial charge >= 0.3 is 6.18 Å². The second-order valence-electron chi connectivity index (χ2n) is 6.29. The van der Waals surface area contributed by atoms with Gasteiger partial charge in [-0.1, -0.05) is 6.07 Å². The summed E-state index contributed by atoms with van der Waals surface area (Å²) in [7, 11) is 0. The van der Waals surface area contributed by atoms with E-state index in [4.69, 9.17) is 4.74 Å². The molecule has 2 aromatic rings. The Bertz CT molecular complexity index is 866. The zero-order chi connectivity index (χ0) is 20.9. The number of rotatable bonds is 6. The maximum atomic E-state index is 12.3. The van der Waals surface area contributed by atoms with Gasteiger partial charge in [0.25, 0.3) is 11.8 Å². The van der Waals surface area contributed by atoms with Crippen molar-refractivity contribution in [2.24, 2.45) is 0 Å². The number of anilines is 2. The largest absolute Gasteiger partial charge is 0.468 e. The third-order valence-corrected chi connectivity index (χ3v) is 3.97. The highest BCUT2D eigenvalue weighted by atomic mass is 19.4. The molecule has 154 valence electrons. The SMILES string of the molecule is O=C(Nc1ccc(NC(=O)[C@@H]2CCCO2)cc1)c1cccc(OCC(F)(F)F)n1. The lowest BCUT2D eigenvalue weighted by atomic mass is 10.2. The molecule has 1 aromatic heterocycles. The second-order valence-corrected chi connectivity index (χ2v) is 6.29. The number of nitrogens with zero attached hydrogens (tertiary/aromatic N) is 1. The monoisotopic (exact) mass is 409 g/mol. The van der Waals surface area contributed by atoms with Crippen LogP contribution < -0.4 is 15.4 Å². The maximum Gasteiger partial charge on any atom is 0.422 e. The van der Waals surface area contributed by atoms with Crippen molar-refractivity contribution in [1.29, 1.82) is 0 Å². The minimum Gasteiger partial charge on any atom is -0.468 e. The molecule has 1 atom stereocenters. The Morgan fingerprint density at radius 1 is 1.10 bits per heavy atom. The number of aromatic nitrogens is 1. The molecular formula is C19H18F3N3O4. The average molecular weight is 409 g/mol. The molecule has 2 amide bonds. The molecule has 29 heavy (non-hydrogen) atoms. The van der Waals surface area contributed by atoms with E-state index in [2.05, 4.69) is 20.4 Å². The number of carbonyl (C=O) groups excluding carboxylic acids is 2. The molecule has 1 aliphatic rings. The van der Waals surface area contributed by atoms with Crippen molar-refractivity contribution in [3.63, 3.8) is 0 Å². The number of amides is 2. The summed E-state index contributed by atoms with van der Waals surface area (Å²) in [5, 5.41) is 5.31. The van der Waals surface area contributed by atoms with Gasteiger partial charge in [-0.3, -0.25) is 9.59 Å². The fraction of sp³-hybridized carbons (Fsp3) is 0.316. The molecule has 2 heterocycles. The van der Waals surface area contributed by atoms with Crippen LogP contribution in [0.4, 0.5) is 24.5 Å². The third kappa shape index (κ3) is 6.18. The summed E-state index contributed by atoms with van der Waals surface area (Å²) in [6, 6.07) is 10.3. The molecule has 1 aromatic carbocycles. The van der Waals surface area contributed by atoms with Crippen LogP contribution in [0.15, 0.2) is 42.5 Å². The first-order chi connectivity index (χ1) is 13.8.